The molecule has 2 rings (SSSR count). The van der Waals surface area contributed by atoms with Crippen molar-refractivity contribution in [2.45, 2.75) is 18.8 Å². The Labute approximate surface area is 123 Å². The topological polar surface area (TPSA) is 140 Å². The fourth-order valence-electron chi connectivity index (χ4n) is 2.10. The van der Waals surface area contributed by atoms with E-state index in [-0.39, 0.29) is 11.2 Å². The Morgan fingerprint density at radius 1 is 1.32 bits per heavy atom. The van der Waals surface area contributed by atoms with Gasteiger partial charge in [-0.3, -0.25) is 18.7 Å². The van der Waals surface area contributed by atoms with Crippen LogP contribution in [0.15, 0.2) is 15.9 Å². The Morgan fingerprint density at radius 3 is 2.55 bits per heavy atom. The van der Waals surface area contributed by atoms with Gasteiger partial charge in [0, 0.05) is 14.1 Å². The number of Topliss-reactive ketones (excluding diaryl/α,β-unsaturated/α-hetero) is 1. The summed E-state index contributed by atoms with van der Waals surface area (Å²) in [5, 5.41) is 27.5. The minimum absolute atomic E-state index is 0.132. The molecule has 3 N–H and O–H groups in total. The van der Waals surface area contributed by atoms with E-state index < -0.39 is 42.4 Å². The molecular formula is C12H16N4O6. The first-order valence-corrected chi connectivity index (χ1v) is 6.40. The zero-order chi connectivity index (χ0) is 16.6. The van der Waals surface area contributed by atoms with Crippen molar-refractivity contribution < 1.29 is 20.1 Å². The predicted molar refractivity (Wildman–Crippen MR) is 74.3 cm³/mol. The molecule has 2 heterocycles. The van der Waals surface area contributed by atoms with E-state index in [1.807, 2.05) is 0 Å². The van der Waals surface area contributed by atoms with Crippen LogP contribution < -0.4 is 11.2 Å². The molecule has 2 unspecified atom stereocenters. The van der Waals surface area contributed by atoms with E-state index in [9.17, 15) is 24.6 Å². The number of carbonyl (C=O) groups is 1. The Bertz CT molecular complexity index is 832. The Balaban J connectivity index is 2.53. The largest absolute Gasteiger partial charge is 0.394 e. The van der Waals surface area contributed by atoms with Crippen LogP contribution in [-0.2, 0) is 25.4 Å². The van der Waals surface area contributed by atoms with Gasteiger partial charge in [0.1, 0.15) is 12.2 Å². The highest BCUT2D eigenvalue weighted by molar-refractivity contribution is 5.83. The number of imidazole rings is 1. The second-order valence-corrected chi connectivity index (χ2v) is 4.92. The first-order chi connectivity index (χ1) is 10.3. The number of aliphatic hydroxyl groups excluding tert-OH is 3. The van der Waals surface area contributed by atoms with E-state index in [1.165, 1.54) is 17.9 Å². The molecule has 0 aliphatic heterocycles. The van der Waals surface area contributed by atoms with Gasteiger partial charge < -0.3 is 19.9 Å². The normalized spacial score (nSPS) is 14.2. The molecule has 0 saturated heterocycles. The summed E-state index contributed by atoms with van der Waals surface area (Å²) in [6.07, 6.45) is -2.20. The fourth-order valence-corrected chi connectivity index (χ4v) is 2.10. The minimum Gasteiger partial charge on any atom is -0.394 e. The van der Waals surface area contributed by atoms with Crippen LogP contribution in [0, 0.1) is 0 Å². The van der Waals surface area contributed by atoms with Gasteiger partial charge in [-0.1, -0.05) is 0 Å². The summed E-state index contributed by atoms with van der Waals surface area (Å²) in [6, 6.07) is 0. The second kappa shape index (κ2) is 5.83. The lowest BCUT2D eigenvalue weighted by Crippen LogP contribution is -2.45. The molecule has 0 aliphatic carbocycles. The van der Waals surface area contributed by atoms with Crippen LogP contribution in [0.25, 0.3) is 11.2 Å². The van der Waals surface area contributed by atoms with E-state index in [0.717, 1.165) is 4.57 Å². The molecule has 0 radical (unpaired) electrons. The molecule has 0 bridgehead atoms. The maximum atomic E-state index is 12.3. The van der Waals surface area contributed by atoms with Gasteiger partial charge in [-0.25, -0.2) is 9.78 Å². The summed E-state index contributed by atoms with van der Waals surface area (Å²) in [6.45, 7) is -1.54. The van der Waals surface area contributed by atoms with Gasteiger partial charge in [0.15, 0.2) is 16.9 Å². The lowest BCUT2D eigenvalue weighted by atomic mass is 10.1. The van der Waals surface area contributed by atoms with E-state index in [0.29, 0.717) is 4.57 Å². The zero-order valence-electron chi connectivity index (χ0n) is 12.0. The summed E-state index contributed by atoms with van der Waals surface area (Å²) >= 11 is 0. The van der Waals surface area contributed by atoms with Crippen molar-refractivity contribution in [1.82, 2.24) is 18.7 Å². The number of ketones is 1. The predicted octanol–water partition coefficient (Wildman–Crippen LogP) is -3.28. The first kappa shape index (κ1) is 16.1. The molecular weight excluding hydrogens is 296 g/mol. The van der Waals surface area contributed by atoms with Gasteiger partial charge in [0.2, 0.25) is 0 Å². The Morgan fingerprint density at radius 2 is 1.95 bits per heavy atom. The van der Waals surface area contributed by atoms with Gasteiger partial charge in [-0.2, -0.15) is 0 Å². The molecule has 120 valence electrons. The molecule has 0 fully saturated rings. The average molecular weight is 312 g/mol. The van der Waals surface area contributed by atoms with Gasteiger partial charge in [-0.05, 0) is 0 Å². The Kier molecular flexibility index (Phi) is 4.26. The minimum atomic E-state index is -1.89. The van der Waals surface area contributed by atoms with E-state index >= 15 is 0 Å². The van der Waals surface area contributed by atoms with E-state index in [2.05, 4.69) is 4.98 Å². The number of hydrogen-bond acceptors (Lipinski definition) is 7. The molecule has 0 aliphatic rings. The molecule has 0 spiro atoms. The Hall–Kier alpha value is -2.30. The van der Waals surface area contributed by atoms with Crippen molar-refractivity contribution in [1.29, 1.82) is 0 Å². The molecule has 0 amide bonds. The number of aryl methyl sites for hydroxylation is 2. The fraction of sp³-hybridized carbons (Fsp3) is 0.500. The van der Waals surface area contributed by atoms with Gasteiger partial charge >= 0.3 is 5.69 Å². The molecule has 0 aromatic carbocycles. The van der Waals surface area contributed by atoms with Crippen molar-refractivity contribution in [3.05, 3.63) is 27.2 Å². The summed E-state index contributed by atoms with van der Waals surface area (Å²) < 4.78 is 3.18. The van der Waals surface area contributed by atoms with Crippen molar-refractivity contribution >= 4 is 16.9 Å². The number of aliphatic hydroxyl groups is 3. The first-order valence-electron chi connectivity index (χ1n) is 6.40. The van der Waals surface area contributed by atoms with Gasteiger partial charge in [-0.15, -0.1) is 0 Å². The lowest BCUT2D eigenvalue weighted by Gasteiger charge is -2.15. The number of carbonyl (C=O) groups excluding carboxylic acids is 1. The maximum Gasteiger partial charge on any atom is 0.332 e. The molecule has 2 atom stereocenters. The molecule has 2 aromatic rings. The quantitative estimate of drug-likeness (QED) is 0.526. The smallest absolute Gasteiger partial charge is 0.332 e. The number of fused-ring (bicyclic) bond motifs is 1. The summed E-state index contributed by atoms with van der Waals surface area (Å²) in [4.78, 5) is 40.2. The highest BCUT2D eigenvalue weighted by Gasteiger charge is 2.25. The van der Waals surface area contributed by atoms with Crippen molar-refractivity contribution in [3.8, 4) is 0 Å². The molecule has 0 saturated carbocycles. The number of rotatable bonds is 5. The lowest BCUT2D eigenvalue weighted by molar-refractivity contribution is -0.135. The summed E-state index contributed by atoms with van der Waals surface area (Å²) in [5.74, 6) is -0.956. The molecule has 10 heteroatoms. The number of hydrogen-bond donors (Lipinski definition) is 3. The van der Waals surface area contributed by atoms with Crippen LogP contribution in [0.3, 0.4) is 0 Å². The van der Waals surface area contributed by atoms with Crippen LogP contribution in [0.1, 0.15) is 0 Å². The van der Waals surface area contributed by atoms with Crippen molar-refractivity contribution in [2.24, 2.45) is 14.1 Å². The summed E-state index contributed by atoms with van der Waals surface area (Å²) in [7, 11) is 2.97. The van der Waals surface area contributed by atoms with Crippen molar-refractivity contribution in [2.75, 3.05) is 6.61 Å². The van der Waals surface area contributed by atoms with Crippen LogP contribution in [0.2, 0.25) is 0 Å². The van der Waals surface area contributed by atoms with Crippen LogP contribution >= 0.6 is 0 Å². The van der Waals surface area contributed by atoms with Crippen LogP contribution in [-0.4, -0.2) is 58.6 Å². The van der Waals surface area contributed by atoms with Crippen LogP contribution in [0.4, 0.5) is 0 Å². The number of nitrogens with zero attached hydrogens (tertiary/aromatic N) is 4. The van der Waals surface area contributed by atoms with Crippen LogP contribution in [0.5, 0.6) is 0 Å². The third kappa shape index (κ3) is 2.47. The highest BCUT2D eigenvalue weighted by atomic mass is 16.4. The molecule has 2 aromatic heterocycles. The highest BCUT2D eigenvalue weighted by Crippen LogP contribution is 2.03. The zero-order valence-corrected chi connectivity index (χ0v) is 12.0. The SMILES string of the molecule is Cn1cnc2c1c(=O)n(CC(=O)C(O)C(O)CO)c(=O)n2C. The molecule has 10 nitrogen and oxygen atoms in total. The van der Waals surface area contributed by atoms with Crippen molar-refractivity contribution in [3.63, 3.8) is 0 Å². The average Bonchev–Trinajstić information content (AvgIpc) is 2.89. The van der Waals surface area contributed by atoms with E-state index in [1.54, 1.807) is 7.05 Å². The number of aromatic nitrogens is 4. The monoisotopic (exact) mass is 312 g/mol. The standard InChI is InChI=1S/C12H16N4O6/c1-14-5-13-10-8(14)11(21)16(12(22)15(10)2)3-6(18)9(20)7(19)4-17/h5,7,9,17,19-20H,3-4H2,1-2H3. The van der Waals surface area contributed by atoms with Gasteiger partial charge in [0.05, 0.1) is 19.5 Å². The third-order valence-electron chi connectivity index (χ3n) is 3.40. The third-order valence-corrected chi connectivity index (χ3v) is 3.40. The second-order valence-electron chi connectivity index (χ2n) is 4.92. The maximum absolute atomic E-state index is 12.3. The van der Waals surface area contributed by atoms with Gasteiger partial charge in [0.25, 0.3) is 5.56 Å². The van der Waals surface area contributed by atoms with E-state index in [4.69, 9.17) is 5.11 Å². The summed E-state index contributed by atoms with van der Waals surface area (Å²) in [5.41, 5.74) is -1.18. The molecule has 22 heavy (non-hydrogen) atoms.